The lowest BCUT2D eigenvalue weighted by molar-refractivity contribution is 0.0900. The molecule has 0 aliphatic heterocycles. The molecular formula is C17H20N2O2. The maximum atomic E-state index is 12.4. The van der Waals surface area contributed by atoms with Crippen LogP contribution < -0.4 is 11.1 Å². The van der Waals surface area contributed by atoms with Gasteiger partial charge in [-0.1, -0.05) is 36.8 Å². The van der Waals surface area contributed by atoms with Crippen LogP contribution >= 0.6 is 0 Å². The van der Waals surface area contributed by atoms with E-state index in [-0.39, 0.29) is 11.9 Å². The third kappa shape index (κ3) is 3.00. The molecule has 0 bridgehead atoms. The van der Waals surface area contributed by atoms with Crippen molar-refractivity contribution >= 4 is 5.91 Å². The van der Waals surface area contributed by atoms with Crippen LogP contribution in [0.4, 0.5) is 0 Å². The summed E-state index contributed by atoms with van der Waals surface area (Å²) in [5.74, 6) is 1.05. The minimum absolute atomic E-state index is 0.0728. The molecule has 1 unspecified atom stereocenters. The summed E-state index contributed by atoms with van der Waals surface area (Å²) in [5.41, 5.74) is 7.21. The molecule has 1 aromatic heterocycles. The zero-order chi connectivity index (χ0) is 14.7. The second-order valence-corrected chi connectivity index (χ2v) is 5.56. The highest BCUT2D eigenvalue weighted by Gasteiger charge is 2.30. The van der Waals surface area contributed by atoms with Gasteiger partial charge in [0.05, 0.1) is 18.2 Å². The van der Waals surface area contributed by atoms with Crippen molar-refractivity contribution in [1.29, 1.82) is 0 Å². The number of hydrogen-bond acceptors (Lipinski definition) is 3. The molecule has 1 aromatic carbocycles. The lowest BCUT2D eigenvalue weighted by Gasteiger charge is -2.34. The van der Waals surface area contributed by atoms with Crippen molar-refractivity contribution in [2.24, 2.45) is 11.7 Å². The largest absolute Gasteiger partial charge is 0.467 e. The summed E-state index contributed by atoms with van der Waals surface area (Å²) in [4.78, 5) is 12.4. The van der Waals surface area contributed by atoms with E-state index in [0.717, 1.165) is 5.56 Å². The highest BCUT2D eigenvalue weighted by atomic mass is 16.3. The Labute approximate surface area is 124 Å². The van der Waals surface area contributed by atoms with Crippen LogP contribution in [0, 0.1) is 5.92 Å². The van der Waals surface area contributed by atoms with Crippen LogP contribution in [-0.2, 0) is 6.54 Å². The molecular weight excluding hydrogens is 264 g/mol. The second-order valence-electron chi connectivity index (χ2n) is 5.56. The maximum absolute atomic E-state index is 12.4. The Hall–Kier alpha value is -2.07. The first-order valence-electron chi connectivity index (χ1n) is 7.41. The number of nitrogens with two attached hydrogens (primary N) is 1. The monoisotopic (exact) mass is 284 g/mol. The SMILES string of the molecule is NCc1cc(C(=O)NC(c2ccccc2)C2CCC2)co1. The van der Waals surface area contributed by atoms with Crippen LogP contribution in [0.15, 0.2) is 47.1 Å². The molecule has 21 heavy (non-hydrogen) atoms. The number of furan rings is 1. The van der Waals surface area contributed by atoms with Gasteiger partial charge in [-0.05, 0) is 30.4 Å². The lowest BCUT2D eigenvalue weighted by Crippen LogP contribution is -2.36. The molecule has 3 N–H and O–H groups in total. The fourth-order valence-corrected chi connectivity index (χ4v) is 2.74. The molecule has 3 rings (SSSR count). The van der Waals surface area contributed by atoms with E-state index in [1.807, 2.05) is 18.2 Å². The Kier molecular flexibility index (Phi) is 4.06. The maximum Gasteiger partial charge on any atom is 0.255 e. The molecule has 1 aliphatic rings. The molecule has 0 saturated heterocycles. The van der Waals surface area contributed by atoms with E-state index < -0.39 is 0 Å². The van der Waals surface area contributed by atoms with Crippen LogP contribution in [0.5, 0.6) is 0 Å². The fraction of sp³-hybridized carbons (Fsp3) is 0.353. The van der Waals surface area contributed by atoms with Gasteiger partial charge >= 0.3 is 0 Å². The molecule has 1 amide bonds. The zero-order valence-corrected chi connectivity index (χ0v) is 11.9. The third-order valence-electron chi connectivity index (χ3n) is 4.18. The Bertz CT molecular complexity index is 602. The van der Waals surface area contributed by atoms with Gasteiger partial charge in [0.15, 0.2) is 0 Å². The number of carbonyl (C=O) groups excluding carboxylic acids is 1. The molecule has 2 aromatic rings. The number of benzene rings is 1. The van der Waals surface area contributed by atoms with Crippen molar-refractivity contribution in [2.45, 2.75) is 31.8 Å². The van der Waals surface area contributed by atoms with E-state index in [1.165, 1.54) is 25.5 Å². The van der Waals surface area contributed by atoms with E-state index >= 15 is 0 Å². The van der Waals surface area contributed by atoms with Crippen LogP contribution in [0.3, 0.4) is 0 Å². The van der Waals surface area contributed by atoms with Crippen LogP contribution in [0.25, 0.3) is 0 Å². The number of carbonyl (C=O) groups is 1. The van der Waals surface area contributed by atoms with Crippen molar-refractivity contribution in [2.75, 3.05) is 0 Å². The number of hydrogen-bond donors (Lipinski definition) is 2. The van der Waals surface area contributed by atoms with Gasteiger partial charge in [-0.15, -0.1) is 0 Å². The quantitative estimate of drug-likeness (QED) is 0.886. The van der Waals surface area contributed by atoms with Gasteiger partial charge in [0, 0.05) is 0 Å². The summed E-state index contributed by atoms with van der Waals surface area (Å²) in [5, 5.41) is 3.15. The topological polar surface area (TPSA) is 68.3 Å². The zero-order valence-electron chi connectivity index (χ0n) is 11.9. The molecule has 4 nitrogen and oxygen atoms in total. The second kappa shape index (κ2) is 6.14. The minimum atomic E-state index is -0.0980. The Morgan fingerprint density at radius 3 is 2.67 bits per heavy atom. The van der Waals surface area contributed by atoms with E-state index in [0.29, 0.717) is 23.8 Å². The van der Waals surface area contributed by atoms with Gasteiger partial charge in [-0.25, -0.2) is 0 Å². The van der Waals surface area contributed by atoms with Crippen molar-refractivity contribution in [1.82, 2.24) is 5.32 Å². The van der Waals surface area contributed by atoms with Crippen molar-refractivity contribution < 1.29 is 9.21 Å². The number of nitrogens with one attached hydrogen (secondary N) is 1. The Balaban J connectivity index is 1.76. The first-order chi connectivity index (χ1) is 10.3. The van der Waals surface area contributed by atoms with E-state index in [9.17, 15) is 4.79 Å². The van der Waals surface area contributed by atoms with Crippen LogP contribution in [-0.4, -0.2) is 5.91 Å². The van der Waals surface area contributed by atoms with Gasteiger partial charge in [-0.3, -0.25) is 4.79 Å². The van der Waals surface area contributed by atoms with Gasteiger partial charge < -0.3 is 15.5 Å². The van der Waals surface area contributed by atoms with E-state index in [4.69, 9.17) is 10.2 Å². The van der Waals surface area contributed by atoms with Gasteiger partial charge in [0.2, 0.25) is 0 Å². The smallest absolute Gasteiger partial charge is 0.255 e. The average molecular weight is 284 g/mol. The van der Waals surface area contributed by atoms with E-state index in [2.05, 4.69) is 17.4 Å². The highest BCUT2D eigenvalue weighted by Crippen LogP contribution is 2.37. The molecule has 110 valence electrons. The average Bonchev–Trinajstić information content (AvgIpc) is 2.94. The van der Waals surface area contributed by atoms with Crippen molar-refractivity contribution in [3.05, 3.63) is 59.5 Å². The molecule has 1 aliphatic carbocycles. The lowest BCUT2D eigenvalue weighted by atomic mass is 9.77. The van der Waals surface area contributed by atoms with Crippen molar-refractivity contribution in [3.8, 4) is 0 Å². The van der Waals surface area contributed by atoms with Gasteiger partial charge in [0.1, 0.15) is 12.0 Å². The summed E-state index contributed by atoms with van der Waals surface area (Å²) >= 11 is 0. The number of amides is 1. The summed E-state index contributed by atoms with van der Waals surface area (Å²) < 4.78 is 5.24. The van der Waals surface area contributed by atoms with E-state index in [1.54, 1.807) is 6.07 Å². The summed E-state index contributed by atoms with van der Waals surface area (Å²) in [6, 6.07) is 11.9. The summed E-state index contributed by atoms with van der Waals surface area (Å²) in [6.45, 7) is 0.304. The Morgan fingerprint density at radius 1 is 1.33 bits per heavy atom. The molecule has 1 fully saturated rings. The normalized spacial score (nSPS) is 16.2. The minimum Gasteiger partial charge on any atom is -0.467 e. The third-order valence-corrected chi connectivity index (χ3v) is 4.18. The first kappa shape index (κ1) is 13.9. The number of rotatable bonds is 5. The molecule has 4 heteroatoms. The highest BCUT2D eigenvalue weighted by molar-refractivity contribution is 5.94. The van der Waals surface area contributed by atoms with Crippen molar-refractivity contribution in [3.63, 3.8) is 0 Å². The van der Waals surface area contributed by atoms with Crippen LogP contribution in [0.1, 0.15) is 47.0 Å². The standard InChI is InChI=1S/C17H20N2O2/c18-10-15-9-14(11-21-15)17(20)19-16(13-7-4-8-13)12-5-2-1-3-6-12/h1-3,5-6,9,11,13,16H,4,7-8,10,18H2,(H,19,20). The molecule has 1 atom stereocenters. The summed E-state index contributed by atoms with van der Waals surface area (Å²) in [7, 11) is 0. The summed E-state index contributed by atoms with van der Waals surface area (Å²) in [6.07, 6.45) is 5.05. The molecule has 1 saturated carbocycles. The predicted molar refractivity (Wildman–Crippen MR) is 80.6 cm³/mol. The Morgan fingerprint density at radius 2 is 2.10 bits per heavy atom. The van der Waals surface area contributed by atoms with Gasteiger partial charge in [0.25, 0.3) is 5.91 Å². The van der Waals surface area contributed by atoms with Crippen LogP contribution in [0.2, 0.25) is 0 Å². The van der Waals surface area contributed by atoms with Gasteiger partial charge in [-0.2, -0.15) is 0 Å². The predicted octanol–water partition coefficient (Wildman–Crippen LogP) is 3.01. The first-order valence-corrected chi connectivity index (χ1v) is 7.41. The molecule has 0 spiro atoms. The molecule has 0 radical (unpaired) electrons. The molecule has 1 heterocycles. The fourth-order valence-electron chi connectivity index (χ4n) is 2.74.